The van der Waals surface area contributed by atoms with E-state index in [1.807, 2.05) is 6.92 Å². The van der Waals surface area contributed by atoms with Crippen molar-refractivity contribution in [3.8, 4) is 11.6 Å². The number of carboxylic acid groups (broad SMARTS) is 1. The number of aryl methyl sites for hydroxylation is 1. The van der Waals surface area contributed by atoms with Crippen LogP contribution < -0.4 is 15.4 Å². The van der Waals surface area contributed by atoms with Gasteiger partial charge in [0, 0.05) is 17.8 Å². The molecule has 4 aromatic rings. The van der Waals surface area contributed by atoms with E-state index in [1.54, 1.807) is 38.1 Å². The van der Waals surface area contributed by atoms with Gasteiger partial charge in [0.05, 0.1) is 17.8 Å². The maximum atomic E-state index is 13.9. The lowest BCUT2D eigenvalue weighted by molar-refractivity contribution is -0.138. The summed E-state index contributed by atoms with van der Waals surface area (Å²) in [4.78, 5) is 34.4. The van der Waals surface area contributed by atoms with Crippen LogP contribution in [0.15, 0.2) is 61.1 Å². The molecule has 0 saturated carbocycles. The molecule has 0 saturated heterocycles. The van der Waals surface area contributed by atoms with Gasteiger partial charge in [0.15, 0.2) is 0 Å². The third-order valence-electron chi connectivity index (χ3n) is 5.82. The zero-order valence-corrected chi connectivity index (χ0v) is 21.7. The van der Waals surface area contributed by atoms with Gasteiger partial charge in [-0.15, -0.1) is 5.10 Å². The first-order chi connectivity index (χ1) is 18.8. The molecule has 0 aliphatic heterocycles. The van der Waals surface area contributed by atoms with Gasteiger partial charge < -0.3 is 20.5 Å². The Balaban J connectivity index is 1.69. The molecular weight excluding hydrogens is 529 g/mol. The van der Waals surface area contributed by atoms with Crippen LogP contribution in [0.5, 0.6) is 11.6 Å². The summed E-state index contributed by atoms with van der Waals surface area (Å²) in [6.07, 6.45) is -2.38. The number of hydrogen-bond acceptors (Lipinski definition) is 7. The van der Waals surface area contributed by atoms with Crippen LogP contribution >= 0.6 is 0 Å². The highest BCUT2D eigenvalue weighted by Gasteiger charge is 2.36. The molecule has 3 N–H and O–H groups in total. The summed E-state index contributed by atoms with van der Waals surface area (Å²) in [5.74, 6) is -2.83. The molecule has 0 atom stereocenters. The number of ether oxygens (including phenoxy) is 1. The van der Waals surface area contributed by atoms with E-state index in [2.05, 4.69) is 15.1 Å². The van der Waals surface area contributed by atoms with Gasteiger partial charge in [0.25, 0.3) is 5.91 Å². The molecule has 2 heterocycles. The Labute approximate surface area is 226 Å². The van der Waals surface area contributed by atoms with Crippen LogP contribution in [0.25, 0.3) is 0 Å². The molecule has 40 heavy (non-hydrogen) atoms. The molecule has 10 nitrogen and oxygen atoms in total. The number of aromatic nitrogens is 4. The van der Waals surface area contributed by atoms with Crippen molar-refractivity contribution < 1.29 is 32.6 Å². The number of benzene rings is 2. The van der Waals surface area contributed by atoms with E-state index in [0.29, 0.717) is 5.56 Å². The van der Waals surface area contributed by atoms with Crippen LogP contribution in [0, 0.1) is 6.92 Å². The number of amides is 1. The van der Waals surface area contributed by atoms with Crippen LogP contribution in [0.4, 0.5) is 24.8 Å². The van der Waals surface area contributed by atoms with Gasteiger partial charge >= 0.3 is 12.1 Å². The highest BCUT2D eigenvalue weighted by atomic mass is 19.4. The molecule has 13 heteroatoms. The smallest absolute Gasteiger partial charge is 0.421 e. The first kappa shape index (κ1) is 28.1. The Morgan fingerprint density at radius 3 is 2.38 bits per heavy atom. The minimum Gasteiger partial charge on any atom is -0.478 e. The molecule has 0 unspecified atom stereocenters. The largest absolute Gasteiger partial charge is 0.478 e. The minimum absolute atomic E-state index is 0.0294. The van der Waals surface area contributed by atoms with Gasteiger partial charge in [-0.25, -0.2) is 19.4 Å². The summed E-state index contributed by atoms with van der Waals surface area (Å²) in [6, 6.07) is 10.9. The average Bonchev–Trinajstić information content (AvgIpc) is 3.29. The molecule has 2 aromatic carbocycles. The second-order valence-electron chi connectivity index (χ2n) is 9.22. The van der Waals surface area contributed by atoms with Gasteiger partial charge in [-0.2, -0.15) is 13.2 Å². The molecule has 1 amide bonds. The number of nitrogen functional groups attached to an aromatic ring is 1. The Morgan fingerprint density at radius 2 is 1.80 bits per heavy atom. The van der Waals surface area contributed by atoms with E-state index in [0.717, 1.165) is 17.7 Å². The average molecular weight is 555 g/mol. The topological polar surface area (TPSA) is 136 Å². The summed E-state index contributed by atoms with van der Waals surface area (Å²) >= 11 is 0. The number of halogens is 3. The van der Waals surface area contributed by atoms with Crippen molar-refractivity contribution in [2.45, 2.75) is 39.5 Å². The van der Waals surface area contributed by atoms with Crippen LogP contribution in [0.2, 0.25) is 0 Å². The number of nitrogens with two attached hydrogens (primary N) is 1. The lowest BCUT2D eigenvalue weighted by Gasteiger charge is -2.28. The molecule has 0 aliphatic rings. The maximum absolute atomic E-state index is 13.9. The molecule has 208 valence electrons. The quantitative estimate of drug-likeness (QED) is 0.304. The number of carbonyl (C=O) groups is 2. The molecule has 0 spiro atoms. The second kappa shape index (κ2) is 11.0. The zero-order chi connectivity index (χ0) is 29.2. The van der Waals surface area contributed by atoms with Crippen molar-refractivity contribution in [2.24, 2.45) is 0 Å². The molecule has 0 radical (unpaired) electrons. The highest BCUT2D eigenvalue weighted by molar-refractivity contribution is 6.09. The molecule has 0 fully saturated rings. The molecule has 4 rings (SSSR count). The summed E-state index contributed by atoms with van der Waals surface area (Å²) in [5.41, 5.74) is 5.47. The van der Waals surface area contributed by atoms with E-state index >= 15 is 0 Å². The SMILES string of the molecule is Cc1ccc(C(=O)N(c2ccc(Oc3ncc(Cn4cnc(N)n4)cc3C(F)(F)F)cc2C(=O)O)C(C)C)cc1. The van der Waals surface area contributed by atoms with Crippen molar-refractivity contribution >= 4 is 23.5 Å². The number of carbonyl (C=O) groups excluding carboxylic acids is 1. The number of aromatic carboxylic acids is 1. The number of nitrogens with zero attached hydrogens (tertiary/aromatic N) is 5. The molecule has 2 aromatic heterocycles. The molecular formula is C27H25F3N6O4. The third kappa shape index (κ3) is 6.20. The van der Waals surface area contributed by atoms with Crippen molar-refractivity contribution in [1.82, 2.24) is 19.7 Å². The van der Waals surface area contributed by atoms with Crippen LogP contribution in [0.3, 0.4) is 0 Å². The number of carboxylic acids is 1. The summed E-state index contributed by atoms with van der Waals surface area (Å²) in [6.45, 7) is 5.24. The monoisotopic (exact) mass is 554 g/mol. The fraction of sp³-hybridized carbons (Fsp3) is 0.222. The lowest BCUT2D eigenvalue weighted by atomic mass is 10.1. The Bertz CT molecular complexity index is 1550. The van der Waals surface area contributed by atoms with Crippen molar-refractivity contribution in [2.75, 3.05) is 10.6 Å². The summed E-state index contributed by atoms with van der Waals surface area (Å²) in [5, 5.41) is 13.8. The van der Waals surface area contributed by atoms with E-state index in [-0.39, 0.29) is 35.1 Å². The van der Waals surface area contributed by atoms with Crippen LogP contribution in [0.1, 0.15) is 51.3 Å². The first-order valence-electron chi connectivity index (χ1n) is 12.0. The predicted octanol–water partition coefficient (Wildman–Crippen LogP) is 5.18. The Hall–Kier alpha value is -4.94. The molecule has 0 bridgehead atoms. The maximum Gasteiger partial charge on any atom is 0.421 e. The first-order valence-corrected chi connectivity index (χ1v) is 12.0. The Kier molecular flexibility index (Phi) is 7.75. The van der Waals surface area contributed by atoms with Gasteiger partial charge in [0.2, 0.25) is 11.8 Å². The number of anilines is 2. The van der Waals surface area contributed by atoms with Gasteiger partial charge in [-0.3, -0.25) is 4.79 Å². The predicted molar refractivity (Wildman–Crippen MR) is 139 cm³/mol. The van der Waals surface area contributed by atoms with Gasteiger partial charge in [-0.1, -0.05) is 17.7 Å². The lowest BCUT2D eigenvalue weighted by Crippen LogP contribution is -2.38. The Morgan fingerprint density at radius 1 is 1.10 bits per heavy atom. The van der Waals surface area contributed by atoms with Gasteiger partial charge in [0.1, 0.15) is 17.6 Å². The minimum atomic E-state index is -4.83. The van der Waals surface area contributed by atoms with Crippen molar-refractivity contribution in [3.63, 3.8) is 0 Å². The van der Waals surface area contributed by atoms with Crippen LogP contribution in [-0.4, -0.2) is 42.8 Å². The number of hydrogen-bond donors (Lipinski definition) is 2. The van der Waals surface area contributed by atoms with Gasteiger partial charge in [-0.05, 0) is 62.7 Å². The number of alkyl halides is 3. The van der Waals surface area contributed by atoms with E-state index in [4.69, 9.17) is 10.5 Å². The summed E-state index contributed by atoms with van der Waals surface area (Å²) < 4.78 is 48.4. The van der Waals surface area contributed by atoms with Crippen LogP contribution in [-0.2, 0) is 12.7 Å². The normalized spacial score (nSPS) is 11.5. The van der Waals surface area contributed by atoms with E-state index < -0.39 is 35.5 Å². The standard InChI is InChI=1S/C27H25F3N6O4/c1-15(2)36(24(37)18-6-4-16(3)5-7-18)22-9-8-19(11-20(22)25(38)39)40-23-21(27(28,29)30)10-17(12-32-23)13-35-14-33-26(31)34-35/h4-12,14-15H,13H2,1-3H3,(H2,31,34)(H,38,39). The van der Waals surface area contributed by atoms with Crippen molar-refractivity contribution in [1.29, 1.82) is 0 Å². The summed E-state index contributed by atoms with van der Waals surface area (Å²) in [7, 11) is 0. The third-order valence-corrected chi connectivity index (χ3v) is 5.82. The van der Waals surface area contributed by atoms with E-state index in [9.17, 15) is 27.9 Å². The van der Waals surface area contributed by atoms with Crippen molar-refractivity contribution in [3.05, 3.63) is 88.9 Å². The number of pyridine rings is 1. The zero-order valence-electron chi connectivity index (χ0n) is 21.7. The fourth-order valence-electron chi connectivity index (χ4n) is 3.97. The number of rotatable bonds is 8. The van der Waals surface area contributed by atoms with E-state index in [1.165, 1.54) is 34.2 Å². The highest BCUT2D eigenvalue weighted by Crippen LogP contribution is 2.38. The second-order valence-corrected chi connectivity index (χ2v) is 9.22. The molecule has 0 aliphatic carbocycles. The fourth-order valence-corrected chi connectivity index (χ4v) is 3.97.